The number of rotatable bonds is 0. The summed E-state index contributed by atoms with van der Waals surface area (Å²) in [7, 11) is 0. The first-order valence-electron chi connectivity index (χ1n) is 3.53. The zero-order valence-electron chi connectivity index (χ0n) is 5.99. The van der Waals surface area contributed by atoms with Gasteiger partial charge in [0.05, 0.1) is 6.26 Å². The summed E-state index contributed by atoms with van der Waals surface area (Å²) in [5.41, 5.74) is 0.867. The molecular formula is C10H8O. The lowest BCUT2D eigenvalue weighted by atomic mass is 10.3. The van der Waals surface area contributed by atoms with Crippen LogP contribution in [0.4, 0.5) is 0 Å². The van der Waals surface area contributed by atoms with E-state index in [4.69, 9.17) is 5.11 Å². The van der Waals surface area contributed by atoms with Crippen LogP contribution in [0, 0.1) is 0 Å². The molecule has 0 unspecified atom stereocenters. The normalized spacial score (nSPS) is 13.3. The van der Waals surface area contributed by atoms with Gasteiger partial charge in [-0.15, -0.1) is 0 Å². The van der Waals surface area contributed by atoms with E-state index in [2.05, 4.69) is 0 Å². The minimum atomic E-state index is 0.867. The third kappa shape index (κ3) is 0.944. The fourth-order valence-corrected chi connectivity index (χ4v) is 1.25. The van der Waals surface area contributed by atoms with Crippen LogP contribution in [-0.4, -0.2) is 5.11 Å². The van der Waals surface area contributed by atoms with Crippen LogP contribution in [0.5, 0.6) is 0 Å². The van der Waals surface area contributed by atoms with Crippen molar-refractivity contribution < 1.29 is 5.11 Å². The van der Waals surface area contributed by atoms with E-state index in [0.29, 0.717) is 0 Å². The fourth-order valence-electron chi connectivity index (χ4n) is 1.25. The highest BCUT2D eigenvalue weighted by atomic mass is 16.2. The molecule has 1 aromatic rings. The van der Waals surface area contributed by atoms with Gasteiger partial charge in [0.2, 0.25) is 0 Å². The molecule has 1 aliphatic carbocycles. The monoisotopic (exact) mass is 144 g/mol. The van der Waals surface area contributed by atoms with E-state index in [1.54, 1.807) is 0 Å². The molecule has 0 spiro atoms. The summed E-state index contributed by atoms with van der Waals surface area (Å²) >= 11 is 0. The van der Waals surface area contributed by atoms with E-state index >= 15 is 0 Å². The van der Waals surface area contributed by atoms with Gasteiger partial charge in [0.15, 0.2) is 0 Å². The number of allylic oxidation sites excluding steroid dienone is 1. The van der Waals surface area contributed by atoms with Crippen molar-refractivity contribution in [2.24, 2.45) is 0 Å². The van der Waals surface area contributed by atoms with Gasteiger partial charge in [-0.1, -0.05) is 24.3 Å². The highest BCUT2D eigenvalue weighted by Crippen LogP contribution is 1.99. The predicted molar refractivity (Wildman–Crippen MR) is 45.3 cm³/mol. The van der Waals surface area contributed by atoms with Crippen LogP contribution in [0.3, 0.4) is 0 Å². The van der Waals surface area contributed by atoms with E-state index in [1.807, 2.05) is 36.4 Å². The van der Waals surface area contributed by atoms with E-state index < -0.39 is 0 Å². The Morgan fingerprint density at radius 2 is 1.55 bits per heavy atom. The second-order valence-corrected chi connectivity index (χ2v) is 2.55. The first kappa shape index (κ1) is 6.23. The van der Waals surface area contributed by atoms with E-state index in [-0.39, 0.29) is 0 Å². The van der Waals surface area contributed by atoms with Crippen LogP contribution in [0.15, 0.2) is 36.1 Å². The zero-order chi connectivity index (χ0) is 7.68. The van der Waals surface area contributed by atoms with Crippen LogP contribution in [0.1, 0.15) is 0 Å². The highest BCUT2D eigenvalue weighted by molar-refractivity contribution is 5.70. The summed E-state index contributed by atoms with van der Waals surface area (Å²) in [5, 5.41) is 11.1. The number of fused-ring (bicyclic) bond motifs is 1. The van der Waals surface area contributed by atoms with E-state index in [9.17, 15) is 0 Å². The molecule has 2 rings (SSSR count). The molecule has 0 fully saturated rings. The molecule has 54 valence electrons. The van der Waals surface area contributed by atoms with Gasteiger partial charge >= 0.3 is 0 Å². The number of hydrogen-bond donors (Lipinski definition) is 1. The number of hydrogen-bond acceptors (Lipinski definition) is 1. The van der Waals surface area contributed by atoms with Gasteiger partial charge in [-0.3, -0.25) is 0 Å². The maximum Gasteiger partial charge on any atom is 0.0864 e. The molecule has 0 heterocycles. The van der Waals surface area contributed by atoms with Gasteiger partial charge < -0.3 is 5.11 Å². The van der Waals surface area contributed by atoms with Crippen molar-refractivity contribution in [2.45, 2.75) is 0 Å². The molecule has 0 bridgehead atoms. The van der Waals surface area contributed by atoms with Gasteiger partial charge in [-0.25, -0.2) is 0 Å². The Bertz CT molecular complexity index is 376. The summed E-state index contributed by atoms with van der Waals surface area (Å²) in [5.74, 6) is 0. The quantitative estimate of drug-likeness (QED) is 0.531. The highest BCUT2D eigenvalue weighted by Gasteiger charge is 1.95. The molecule has 11 heavy (non-hydrogen) atoms. The van der Waals surface area contributed by atoms with Crippen molar-refractivity contribution in [1.29, 1.82) is 0 Å². The topological polar surface area (TPSA) is 20.2 Å². The molecule has 0 radical (unpaired) electrons. The van der Waals surface area contributed by atoms with Crippen molar-refractivity contribution in [3.05, 3.63) is 46.5 Å². The lowest BCUT2D eigenvalue weighted by molar-refractivity contribution is 0.472. The average molecular weight is 144 g/mol. The summed E-state index contributed by atoms with van der Waals surface area (Å²) < 4.78 is 0. The summed E-state index contributed by atoms with van der Waals surface area (Å²) in [6, 6.07) is 8.04. The Morgan fingerprint density at radius 3 is 2.00 bits per heavy atom. The predicted octanol–water partition coefficient (Wildman–Crippen LogP) is 0.703. The average Bonchev–Trinajstić information content (AvgIpc) is 2.46. The van der Waals surface area contributed by atoms with Gasteiger partial charge in [0, 0.05) is 5.57 Å². The van der Waals surface area contributed by atoms with E-state index in [0.717, 1.165) is 11.8 Å². The van der Waals surface area contributed by atoms with Crippen molar-refractivity contribution in [3.8, 4) is 0 Å². The molecule has 0 saturated heterocycles. The maximum absolute atomic E-state index is 8.71. The van der Waals surface area contributed by atoms with Gasteiger partial charge in [0.25, 0.3) is 0 Å². The van der Waals surface area contributed by atoms with Gasteiger partial charge in [-0.2, -0.15) is 0 Å². The molecule has 0 saturated carbocycles. The Kier molecular flexibility index (Phi) is 1.29. The first-order chi connectivity index (χ1) is 5.40. The van der Waals surface area contributed by atoms with Crippen LogP contribution in [0.2, 0.25) is 0 Å². The minimum absolute atomic E-state index is 0.867. The molecule has 0 atom stereocenters. The molecular weight excluding hydrogens is 136 g/mol. The Hall–Kier alpha value is -1.50. The van der Waals surface area contributed by atoms with Crippen LogP contribution < -0.4 is 10.4 Å². The fraction of sp³-hybridized carbons (Fsp3) is 0. The second-order valence-electron chi connectivity index (χ2n) is 2.55. The SMILES string of the molecule is OC=C1C=c2ccccc2=C1. The molecule has 0 amide bonds. The van der Waals surface area contributed by atoms with Crippen LogP contribution in [-0.2, 0) is 0 Å². The summed E-state index contributed by atoms with van der Waals surface area (Å²) in [6.07, 6.45) is 5.03. The Morgan fingerprint density at radius 1 is 1.00 bits per heavy atom. The standard InChI is InChI=1S/C10H8O/c11-7-8-5-9-3-1-2-4-10(9)6-8/h1-7,11H. The molecule has 1 nitrogen and oxygen atoms in total. The van der Waals surface area contributed by atoms with Gasteiger partial charge in [-0.05, 0) is 22.6 Å². The lowest BCUT2D eigenvalue weighted by Crippen LogP contribution is -2.19. The van der Waals surface area contributed by atoms with Crippen molar-refractivity contribution in [1.82, 2.24) is 0 Å². The molecule has 1 heteroatoms. The maximum atomic E-state index is 8.71. The smallest absolute Gasteiger partial charge is 0.0864 e. The number of aliphatic hydroxyl groups is 1. The summed E-state index contributed by atoms with van der Waals surface area (Å²) in [4.78, 5) is 0. The van der Waals surface area contributed by atoms with Crippen molar-refractivity contribution in [2.75, 3.05) is 0 Å². The zero-order valence-corrected chi connectivity index (χ0v) is 5.99. The minimum Gasteiger partial charge on any atom is -0.515 e. The third-order valence-corrected chi connectivity index (χ3v) is 1.79. The van der Waals surface area contributed by atoms with Crippen LogP contribution >= 0.6 is 0 Å². The number of aliphatic hydroxyl groups excluding tert-OH is 1. The molecule has 1 aliphatic rings. The van der Waals surface area contributed by atoms with Crippen molar-refractivity contribution in [3.63, 3.8) is 0 Å². The number of benzene rings is 1. The molecule has 1 aromatic carbocycles. The third-order valence-electron chi connectivity index (χ3n) is 1.79. The van der Waals surface area contributed by atoms with E-state index in [1.165, 1.54) is 10.4 Å². The Balaban J connectivity index is 2.81. The molecule has 0 aliphatic heterocycles. The Labute approximate surface area is 64.6 Å². The second kappa shape index (κ2) is 2.27. The first-order valence-corrected chi connectivity index (χ1v) is 3.53. The molecule has 1 N–H and O–H groups in total. The molecule has 0 aromatic heterocycles. The summed E-state index contributed by atoms with van der Waals surface area (Å²) in [6.45, 7) is 0. The van der Waals surface area contributed by atoms with Gasteiger partial charge in [0.1, 0.15) is 0 Å². The largest absolute Gasteiger partial charge is 0.515 e. The van der Waals surface area contributed by atoms with Crippen LogP contribution in [0.25, 0.3) is 12.2 Å². The van der Waals surface area contributed by atoms with Crippen molar-refractivity contribution >= 4 is 12.2 Å². The lowest BCUT2D eigenvalue weighted by Gasteiger charge is -1.79.